The van der Waals surface area contributed by atoms with Crippen molar-refractivity contribution in [1.82, 2.24) is 9.78 Å². The van der Waals surface area contributed by atoms with E-state index in [0.717, 1.165) is 6.07 Å². The number of nitrogens with zero attached hydrogens (tertiary/aromatic N) is 3. The lowest BCUT2D eigenvalue weighted by Crippen LogP contribution is -2.16. The fraction of sp³-hybridized carbons (Fsp3) is 0.0909. The van der Waals surface area contributed by atoms with Gasteiger partial charge < -0.3 is 10.4 Å². The maximum atomic E-state index is 12.0. The zero-order chi connectivity index (χ0) is 14.9. The minimum Gasteiger partial charge on any atom is -0.506 e. The highest BCUT2D eigenvalue weighted by atomic mass is 35.5. The van der Waals surface area contributed by atoms with Gasteiger partial charge in [-0.25, -0.2) is 0 Å². The molecule has 2 aromatic rings. The SMILES string of the molecule is Cn1ncc(Cl)c1C(=O)Nc1ccc([N+](=O)[O-])cc1O. The lowest BCUT2D eigenvalue weighted by molar-refractivity contribution is -0.384. The quantitative estimate of drug-likeness (QED) is 0.511. The van der Waals surface area contributed by atoms with Gasteiger partial charge in [0.2, 0.25) is 0 Å². The smallest absolute Gasteiger partial charge is 0.275 e. The first kappa shape index (κ1) is 13.8. The number of non-ortho nitro benzene ring substituents is 1. The Balaban J connectivity index is 2.27. The molecule has 0 bridgehead atoms. The number of phenolic OH excluding ortho intramolecular Hbond substituents is 1. The van der Waals surface area contributed by atoms with E-state index < -0.39 is 16.6 Å². The van der Waals surface area contributed by atoms with Crippen LogP contribution in [-0.4, -0.2) is 25.7 Å². The summed E-state index contributed by atoms with van der Waals surface area (Å²) in [6, 6.07) is 3.34. The van der Waals surface area contributed by atoms with Gasteiger partial charge in [0, 0.05) is 13.1 Å². The maximum absolute atomic E-state index is 12.0. The third-order valence-corrected chi connectivity index (χ3v) is 2.83. The second kappa shape index (κ2) is 5.17. The van der Waals surface area contributed by atoms with Crippen molar-refractivity contribution in [2.24, 2.45) is 7.05 Å². The summed E-state index contributed by atoms with van der Waals surface area (Å²) in [5, 5.41) is 26.6. The molecule has 1 heterocycles. The minimum absolute atomic E-state index is 0.0397. The van der Waals surface area contributed by atoms with Crippen molar-refractivity contribution in [1.29, 1.82) is 0 Å². The number of aromatic nitrogens is 2. The Kier molecular flexibility index (Phi) is 3.57. The van der Waals surface area contributed by atoms with E-state index in [1.54, 1.807) is 0 Å². The molecule has 0 spiro atoms. The van der Waals surface area contributed by atoms with Gasteiger partial charge >= 0.3 is 0 Å². The number of hydrogen-bond donors (Lipinski definition) is 2. The van der Waals surface area contributed by atoms with E-state index >= 15 is 0 Å². The molecule has 0 unspecified atom stereocenters. The molecule has 8 nitrogen and oxygen atoms in total. The number of rotatable bonds is 3. The van der Waals surface area contributed by atoms with Crippen LogP contribution in [-0.2, 0) is 7.05 Å². The van der Waals surface area contributed by atoms with Gasteiger partial charge in [0.15, 0.2) is 0 Å². The zero-order valence-corrected chi connectivity index (χ0v) is 11.0. The molecular formula is C11H9ClN4O4. The van der Waals surface area contributed by atoms with Crippen LogP contribution in [0, 0.1) is 10.1 Å². The molecule has 0 aliphatic carbocycles. The summed E-state index contributed by atoms with van der Waals surface area (Å²) in [5.41, 5.74) is -0.124. The first-order chi connectivity index (χ1) is 9.40. The van der Waals surface area contributed by atoms with Gasteiger partial charge in [-0.05, 0) is 6.07 Å². The van der Waals surface area contributed by atoms with Crippen LogP contribution >= 0.6 is 11.6 Å². The molecule has 0 aliphatic rings. The Hall–Kier alpha value is -2.61. The topological polar surface area (TPSA) is 110 Å². The van der Waals surface area contributed by atoms with Crippen LogP contribution in [0.3, 0.4) is 0 Å². The second-order valence-corrected chi connectivity index (χ2v) is 4.28. The van der Waals surface area contributed by atoms with E-state index in [1.807, 2.05) is 0 Å². The number of phenols is 1. The molecule has 0 atom stereocenters. The Morgan fingerprint density at radius 3 is 2.75 bits per heavy atom. The molecule has 0 fully saturated rings. The fourth-order valence-corrected chi connectivity index (χ4v) is 1.84. The van der Waals surface area contributed by atoms with Crippen molar-refractivity contribution in [2.75, 3.05) is 5.32 Å². The number of nitro benzene ring substituents is 1. The van der Waals surface area contributed by atoms with Crippen LogP contribution in [0.2, 0.25) is 5.02 Å². The Morgan fingerprint density at radius 2 is 2.25 bits per heavy atom. The summed E-state index contributed by atoms with van der Waals surface area (Å²) < 4.78 is 1.28. The highest BCUT2D eigenvalue weighted by Crippen LogP contribution is 2.28. The third kappa shape index (κ3) is 2.54. The predicted molar refractivity (Wildman–Crippen MR) is 70.9 cm³/mol. The number of aromatic hydroxyl groups is 1. The number of hydrogen-bond acceptors (Lipinski definition) is 5. The van der Waals surface area contributed by atoms with Gasteiger partial charge in [0.1, 0.15) is 11.4 Å². The maximum Gasteiger partial charge on any atom is 0.275 e. The van der Waals surface area contributed by atoms with Crippen LogP contribution in [0.25, 0.3) is 0 Å². The third-order valence-electron chi connectivity index (χ3n) is 2.55. The van der Waals surface area contributed by atoms with Gasteiger partial charge in [-0.1, -0.05) is 11.6 Å². The van der Waals surface area contributed by atoms with Crippen molar-refractivity contribution >= 4 is 28.9 Å². The van der Waals surface area contributed by atoms with Crippen molar-refractivity contribution in [3.05, 3.63) is 45.2 Å². The molecule has 104 valence electrons. The normalized spacial score (nSPS) is 10.3. The molecule has 0 radical (unpaired) electrons. The molecule has 0 saturated heterocycles. The number of benzene rings is 1. The summed E-state index contributed by atoms with van der Waals surface area (Å²) in [5.74, 6) is -0.995. The summed E-state index contributed by atoms with van der Waals surface area (Å²) in [6.07, 6.45) is 1.31. The summed E-state index contributed by atoms with van der Waals surface area (Å²) in [6.45, 7) is 0. The number of aryl methyl sites for hydroxylation is 1. The van der Waals surface area contributed by atoms with Crippen LogP contribution in [0.15, 0.2) is 24.4 Å². The molecule has 2 rings (SSSR count). The number of nitro groups is 1. The van der Waals surface area contributed by atoms with E-state index in [2.05, 4.69) is 10.4 Å². The van der Waals surface area contributed by atoms with Crippen LogP contribution < -0.4 is 5.32 Å². The van der Waals surface area contributed by atoms with E-state index in [4.69, 9.17) is 11.6 Å². The average Bonchev–Trinajstić information content (AvgIpc) is 2.71. The van der Waals surface area contributed by atoms with Crippen molar-refractivity contribution in [3.63, 3.8) is 0 Å². The number of carbonyl (C=O) groups excluding carboxylic acids is 1. The highest BCUT2D eigenvalue weighted by molar-refractivity contribution is 6.34. The molecule has 1 amide bonds. The van der Waals surface area contributed by atoms with Gasteiger partial charge in [-0.3, -0.25) is 19.6 Å². The number of halogens is 1. The molecule has 20 heavy (non-hydrogen) atoms. The molecule has 1 aromatic carbocycles. The fourth-order valence-electron chi connectivity index (χ4n) is 1.59. The molecule has 2 N–H and O–H groups in total. The number of carbonyl (C=O) groups is 1. The van der Waals surface area contributed by atoms with Crippen LogP contribution in [0.5, 0.6) is 5.75 Å². The molecule has 0 saturated carbocycles. The van der Waals surface area contributed by atoms with Gasteiger partial charge in [-0.2, -0.15) is 5.10 Å². The van der Waals surface area contributed by atoms with E-state index in [9.17, 15) is 20.0 Å². The van der Waals surface area contributed by atoms with E-state index in [1.165, 1.54) is 30.1 Å². The van der Waals surface area contributed by atoms with Crippen molar-refractivity contribution in [2.45, 2.75) is 0 Å². The van der Waals surface area contributed by atoms with Crippen molar-refractivity contribution in [3.8, 4) is 5.75 Å². The molecule has 0 aliphatic heterocycles. The number of nitrogens with one attached hydrogen (secondary N) is 1. The van der Waals surface area contributed by atoms with E-state index in [0.29, 0.717) is 0 Å². The minimum atomic E-state index is -0.649. The van der Waals surface area contributed by atoms with Gasteiger partial charge in [0.25, 0.3) is 11.6 Å². The lowest BCUT2D eigenvalue weighted by Gasteiger charge is -2.07. The van der Waals surface area contributed by atoms with Crippen LogP contribution in [0.1, 0.15) is 10.5 Å². The first-order valence-corrected chi connectivity index (χ1v) is 5.74. The van der Waals surface area contributed by atoms with Gasteiger partial charge in [0.05, 0.1) is 27.9 Å². The molecular weight excluding hydrogens is 288 g/mol. The summed E-state index contributed by atoms with van der Waals surface area (Å²) >= 11 is 5.82. The zero-order valence-electron chi connectivity index (χ0n) is 10.2. The average molecular weight is 297 g/mol. The largest absolute Gasteiger partial charge is 0.506 e. The first-order valence-electron chi connectivity index (χ1n) is 5.36. The van der Waals surface area contributed by atoms with E-state index in [-0.39, 0.29) is 22.1 Å². The standard InChI is InChI=1S/C11H9ClN4O4/c1-15-10(7(12)5-13-15)11(18)14-8-3-2-6(16(19)20)4-9(8)17/h2-5,17H,1H3,(H,14,18). The Morgan fingerprint density at radius 1 is 1.55 bits per heavy atom. The highest BCUT2D eigenvalue weighted by Gasteiger charge is 2.18. The Labute approximate surface area is 117 Å². The summed E-state index contributed by atoms with van der Waals surface area (Å²) in [7, 11) is 1.54. The van der Waals surface area contributed by atoms with Crippen molar-refractivity contribution < 1.29 is 14.8 Å². The predicted octanol–water partition coefficient (Wildman–Crippen LogP) is 1.94. The monoisotopic (exact) mass is 296 g/mol. The number of anilines is 1. The number of amides is 1. The van der Waals surface area contributed by atoms with Gasteiger partial charge in [-0.15, -0.1) is 0 Å². The Bertz CT molecular complexity index is 678. The summed E-state index contributed by atoms with van der Waals surface area (Å²) in [4.78, 5) is 21.9. The molecule has 1 aromatic heterocycles. The second-order valence-electron chi connectivity index (χ2n) is 3.88. The lowest BCUT2D eigenvalue weighted by atomic mass is 10.2. The van der Waals surface area contributed by atoms with Crippen LogP contribution in [0.4, 0.5) is 11.4 Å². The molecule has 9 heteroatoms.